The van der Waals surface area contributed by atoms with Crippen molar-refractivity contribution in [3.05, 3.63) is 34.9 Å². The Labute approximate surface area is 109 Å². The number of hydrogen-bond acceptors (Lipinski definition) is 3. The number of hydrogen-bond donors (Lipinski definition) is 2. The first-order valence-electron chi connectivity index (χ1n) is 5.76. The average Bonchev–Trinajstić information content (AvgIpc) is 3.11. The van der Waals surface area contributed by atoms with Crippen molar-refractivity contribution in [2.75, 3.05) is 11.9 Å². The topological polar surface area (TPSA) is 50.9 Å². The van der Waals surface area contributed by atoms with E-state index in [0.29, 0.717) is 6.54 Å². The summed E-state index contributed by atoms with van der Waals surface area (Å²) in [6, 6.07) is 8.18. The Balaban J connectivity index is 2.08. The van der Waals surface area contributed by atoms with E-state index in [2.05, 4.69) is 32.3 Å². The third-order valence-electron chi connectivity index (χ3n) is 3.38. The average molecular weight is 292 g/mol. The van der Waals surface area contributed by atoms with E-state index in [1.165, 1.54) is 5.39 Å². The van der Waals surface area contributed by atoms with Gasteiger partial charge in [0.25, 0.3) is 0 Å². The molecule has 4 heteroatoms. The number of halogens is 1. The van der Waals surface area contributed by atoms with Crippen LogP contribution in [-0.4, -0.2) is 17.1 Å². The summed E-state index contributed by atoms with van der Waals surface area (Å²) in [6.07, 6.45) is 4.10. The van der Waals surface area contributed by atoms with Crippen LogP contribution in [0.15, 0.2) is 34.9 Å². The third kappa shape index (κ3) is 1.91. The molecular weight excluding hydrogens is 278 g/mol. The van der Waals surface area contributed by atoms with E-state index in [1.807, 2.05) is 24.4 Å². The number of nitrogens with zero attached hydrogens (tertiary/aromatic N) is 1. The van der Waals surface area contributed by atoms with Crippen LogP contribution < -0.4 is 11.1 Å². The van der Waals surface area contributed by atoms with Crippen LogP contribution >= 0.6 is 15.9 Å². The maximum absolute atomic E-state index is 5.79. The fraction of sp³-hybridized carbons (Fsp3) is 0.308. The smallest absolute Gasteiger partial charge is 0.134 e. The molecule has 0 saturated heterocycles. The lowest BCUT2D eigenvalue weighted by atomic mass is 10.1. The van der Waals surface area contributed by atoms with E-state index >= 15 is 0 Å². The van der Waals surface area contributed by atoms with Gasteiger partial charge in [-0.25, -0.2) is 4.98 Å². The summed E-state index contributed by atoms with van der Waals surface area (Å²) >= 11 is 3.56. The molecule has 1 aliphatic carbocycles. The van der Waals surface area contributed by atoms with Crippen molar-refractivity contribution in [1.82, 2.24) is 4.98 Å². The summed E-state index contributed by atoms with van der Waals surface area (Å²) < 4.78 is 1.10. The SMILES string of the molecule is NCC1(Nc2nccc3c(Br)cccc23)CC1. The standard InChI is InChI=1S/C13H14BrN3/c14-11-3-1-2-10-9(11)4-7-16-12(10)17-13(8-15)5-6-13/h1-4,7H,5-6,8,15H2,(H,16,17). The number of benzene rings is 1. The molecule has 0 spiro atoms. The first-order valence-corrected chi connectivity index (χ1v) is 6.55. The second-order valence-electron chi connectivity index (χ2n) is 4.60. The second kappa shape index (κ2) is 3.96. The normalized spacial score (nSPS) is 17.1. The molecule has 3 nitrogen and oxygen atoms in total. The highest BCUT2D eigenvalue weighted by Crippen LogP contribution is 2.39. The van der Waals surface area contributed by atoms with Gasteiger partial charge in [-0.1, -0.05) is 28.1 Å². The largest absolute Gasteiger partial charge is 0.363 e. The Morgan fingerprint density at radius 3 is 2.82 bits per heavy atom. The monoisotopic (exact) mass is 291 g/mol. The zero-order valence-corrected chi connectivity index (χ0v) is 11.0. The van der Waals surface area contributed by atoms with Gasteiger partial charge in [-0.2, -0.15) is 0 Å². The summed E-state index contributed by atoms with van der Waals surface area (Å²) in [4.78, 5) is 4.43. The minimum absolute atomic E-state index is 0.0869. The molecule has 1 aromatic heterocycles. The molecule has 1 heterocycles. The Kier molecular flexibility index (Phi) is 2.56. The number of anilines is 1. The van der Waals surface area contributed by atoms with Gasteiger partial charge in [0.1, 0.15) is 5.82 Å². The molecule has 0 amide bonds. The van der Waals surface area contributed by atoms with E-state index in [1.54, 1.807) is 0 Å². The minimum atomic E-state index is 0.0869. The molecule has 0 bridgehead atoms. The highest BCUT2D eigenvalue weighted by atomic mass is 79.9. The minimum Gasteiger partial charge on any atom is -0.363 e. The van der Waals surface area contributed by atoms with Crippen molar-refractivity contribution in [2.45, 2.75) is 18.4 Å². The summed E-state index contributed by atoms with van der Waals surface area (Å²) in [7, 11) is 0. The van der Waals surface area contributed by atoms with Crippen LogP contribution in [-0.2, 0) is 0 Å². The van der Waals surface area contributed by atoms with Crippen LogP contribution in [0.4, 0.5) is 5.82 Å². The first kappa shape index (κ1) is 11.0. The highest BCUT2D eigenvalue weighted by molar-refractivity contribution is 9.10. The van der Waals surface area contributed by atoms with Gasteiger partial charge in [-0.15, -0.1) is 0 Å². The fourth-order valence-corrected chi connectivity index (χ4v) is 2.55. The molecule has 0 aliphatic heterocycles. The van der Waals surface area contributed by atoms with E-state index in [-0.39, 0.29) is 5.54 Å². The molecule has 3 N–H and O–H groups in total. The van der Waals surface area contributed by atoms with E-state index in [0.717, 1.165) is 28.5 Å². The molecule has 2 aromatic rings. The lowest BCUT2D eigenvalue weighted by Gasteiger charge is -2.17. The van der Waals surface area contributed by atoms with Crippen LogP contribution in [0.2, 0.25) is 0 Å². The lowest BCUT2D eigenvalue weighted by molar-refractivity contribution is 0.738. The number of nitrogens with one attached hydrogen (secondary N) is 1. The zero-order valence-electron chi connectivity index (χ0n) is 9.41. The molecule has 17 heavy (non-hydrogen) atoms. The van der Waals surface area contributed by atoms with Crippen LogP contribution in [0.3, 0.4) is 0 Å². The molecule has 0 radical (unpaired) electrons. The first-order chi connectivity index (χ1) is 8.24. The van der Waals surface area contributed by atoms with Gasteiger partial charge in [0.05, 0.1) is 5.54 Å². The Bertz CT molecular complexity index is 564. The second-order valence-corrected chi connectivity index (χ2v) is 5.46. The van der Waals surface area contributed by atoms with E-state index in [4.69, 9.17) is 5.73 Å². The number of aromatic nitrogens is 1. The number of nitrogens with two attached hydrogens (primary N) is 1. The molecule has 0 unspecified atom stereocenters. The molecular formula is C13H14BrN3. The van der Waals surface area contributed by atoms with Gasteiger partial charge in [0.2, 0.25) is 0 Å². The van der Waals surface area contributed by atoms with Crippen molar-refractivity contribution in [1.29, 1.82) is 0 Å². The Morgan fingerprint density at radius 2 is 2.12 bits per heavy atom. The molecule has 1 fully saturated rings. The number of pyridine rings is 1. The quantitative estimate of drug-likeness (QED) is 0.914. The van der Waals surface area contributed by atoms with E-state index in [9.17, 15) is 0 Å². The molecule has 0 atom stereocenters. The molecule has 1 aliphatic rings. The highest BCUT2D eigenvalue weighted by Gasteiger charge is 2.41. The predicted molar refractivity (Wildman–Crippen MR) is 74.1 cm³/mol. The van der Waals surface area contributed by atoms with Gasteiger partial charge >= 0.3 is 0 Å². The molecule has 1 saturated carbocycles. The van der Waals surface area contributed by atoms with Crippen molar-refractivity contribution in [2.24, 2.45) is 5.73 Å². The van der Waals surface area contributed by atoms with Gasteiger partial charge in [-0.05, 0) is 25.0 Å². The maximum atomic E-state index is 5.79. The predicted octanol–water partition coefficient (Wildman–Crippen LogP) is 2.90. The summed E-state index contributed by atoms with van der Waals surface area (Å²) in [5.41, 5.74) is 5.88. The zero-order chi connectivity index (χ0) is 11.9. The maximum Gasteiger partial charge on any atom is 0.134 e. The molecule has 1 aromatic carbocycles. The third-order valence-corrected chi connectivity index (χ3v) is 4.07. The van der Waals surface area contributed by atoms with E-state index < -0.39 is 0 Å². The fourth-order valence-electron chi connectivity index (χ4n) is 2.05. The van der Waals surface area contributed by atoms with Crippen LogP contribution in [0.25, 0.3) is 10.8 Å². The molecule has 88 valence electrons. The van der Waals surface area contributed by atoms with Gasteiger partial charge in [0, 0.05) is 28.0 Å². The number of rotatable bonds is 3. The summed E-state index contributed by atoms with van der Waals surface area (Å²) in [6.45, 7) is 0.666. The Morgan fingerprint density at radius 1 is 1.29 bits per heavy atom. The van der Waals surface area contributed by atoms with Crippen LogP contribution in [0.1, 0.15) is 12.8 Å². The van der Waals surface area contributed by atoms with Crippen molar-refractivity contribution in [3.8, 4) is 0 Å². The molecule has 3 rings (SSSR count). The van der Waals surface area contributed by atoms with Crippen molar-refractivity contribution in [3.63, 3.8) is 0 Å². The van der Waals surface area contributed by atoms with Crippen molar-refractivity contribution >= 4 is 32.5 Å². The van der Waals surface area contributed by atoms with Crippen LogP contribution in [0.5, 0.6) is 0 Å². The lowest BCUT2D eigenvalue weighted by Crippen LogP contribution is -2.31. The number of fused-ring (bicyclic) bond motifs is 1. The Hall–Kier alpha value is -1.13. The summed E-state index contributed by atoms with van der Waals surface area (Å²) in [5.74, 6) is 0.937. The van der Waals surface area contributed by atoms with Crippen LogP contribution in [0, 0.1) is 0 Å². The van der Waals surface area contributed by atoms with Gasteiger partial charge in [0.15, 0.2) is 0 Å². The van der Waals surface area contributed by atoms with Gasteiger partial charge < -0.3 is 11.1 Å². The van der Waals surface area contributed by atoms with Crippen molar-refractivity contribution < 1.29 is 0 Å². The van der Waals surface area contributed by atoms with Gasteiger partial charge in [-0.3, -0.25) is 0 Å². The summed E-state index contributed by atoms with van der Waals surface area (Å²) in [5, 5.41) is 5.81.